The van der Waals surface area contributed by atoms with Gasteiger partial charge in [-0.25, -0.2) is 4.39 Å². The standard InChI is InChI=1S/C26H29FN4O3S/c1-34-18-6-4-5-16(13-18)14-28-24(32)17-9-11-31(12-10-17)26-29-22-20(15-35-23(22)25(33)30-26)19-7-2-3-8-21(19)27/h2-8,13,15,17,22-23,26,29H,9-12,14H2,1H3,(H,28,32)(H,30,33). The van der Waals surface area contributed by atoms with Crippen LogP contribution in [-0.2, 0) is 16.1 Å². The van der Waals surface area contributed by atoms with E-state index in [9.17, 15) is 14.0 Å². The number of hydrogen-bond acceptors (Lipinski definition) is 6. The van der Waals surface area contributed by atoms with Gasteiger partial charge in [-0.2, -0.15) is 0 Å². The number of ether oxygens (including phenoxy) is 1. The van der Waals surface area contributed by atoms with Crippen LogP contribution < -0.4 is 20.7 Å². The lowest BCUT2D eigenvalue weighted by atomic mass is 9.94. The van der Waals surface area contributed by atoms with Crippen molar-refractivity contribution in [2.24, 2.45) is 5.92 Å². The van der Waals surface area contributed by atoms with E-state index in [0.29, 0.717) is 38.0 Å². The normalized spacial score (nSPS) is 24.9. The lowest BCUT2D eigenvalue weighted by Gasteiger charge is -2.43. The first-order valence-corrected chi connectivity index (χ1v) is 12.8. The monoisotopic (exact) mass is 496 g/mol. The second-order valence-corrected chi connectivity index (χ2v) is 10.1. The average Bonchev–Trinajstić information content (AvgIpc) is 3.32. The number of amides is 2. The minimum absolute atomic E-state index is 0.0464. The maximum atomic E-state index is 14.4. The fraction of sp³-hybridized carbons (Fsp3) is 0.385. The van der Waals surface area contributed by atoms with E-state index in [1.807, 2.05) is 35.7 Å². The molecule has 3 atom stereocenters. The minimum atomic E-state index is -0.349. The number of hydrogen-bond donors (Lipinski definition) is 3. The van der Waals surface area contributed by atoms with E-state index in [0.717, 1.165) is 16.9 Å². The molecule has 3 unspecified atom stereocenters. The van der Waals surface area contributed by atoms with E-state index in [1.54, 1.807) is 19.2 Å². The van der Waals surface area contributed by atoms with E-state index >= 15 is 0 Å². The molecule has 184 valence electrons. The smallest absolute Gasteiger partial charge is 0.237 e. The molecule has 7 nitrogen and oxygen atoms in total. The molecule has 3 aliphatic rings. The van der Waals surface area contributed by atoms with Gasteiger partial charge in [-0.05, 0) is 47.6 Å². The van der Waals surface area contributed by atoms with Crippen LogP contribution in [0.3, 0.4) is 0 Å². The summed E-state index contributed by atoms with van der Waals surface area (Å²) in [5.74, 6) is 0.405. The third kappa shape index (κ3) is 5.07. The first-order chi connectivity index (χ1) is 17.0. The van der Waals surface area contributed by atoms with Crippen molar-refractivity contribution in [1.29, 1.82) is 0 Å². The Hall–Kier alpha value is -2.88. The lowest BCUT2D eigenvalue weighted by Crippen LogP contribution is -2.68. The minimum Gasteiger partial charge on any atom is -0.497 e. The predicted molar refractivity (Wildman–Crippen MR) is 134 cm³/mol. The number of rotatable bonds is 6. The highest BCUT2D eigenvalue weighted by Crippen LogP contribution is 2.39. The summed E-state index contributed by atoms with van der Waals surface area (Å²) >= 11 is 1.42. The fourth-order valence-electron chi connectivity index (χ4n) is 4.94. The lowest BCUT2D eigenvalue weighted by molar-refractivity contribution is -0.129. The Balaban J connectivity index is 1.16. The van der Waals surface area contributed by atoms with Crippen LogP contribution in [-0.4, -0.2) is 54.5 Å². The van der Waals surface area contributed by atoms with Crippen LogP contribution in [0.5, 0.6) is 5.75 Å². The van der Waals surface area contributed by atoms with Gasteiger partial charge in [0.15, 0.2) is 0 Å². The predicted octanol–water partition coefficient (Wildman–Crippen LogP) is 2.69. The molecule has 0 saturated carbocycles. The molecule has 2 fully saturated rings. The van der Waals surface area contributed by atoms with Crippen molar-refractivity contribution in [3.8, 4) is 5.75 Å². The second-order valence-electron chi connectivity index (χ2n) is 9.04. The molecule has 2 aromatic carbocycles. The molecule has 3 aliphatic heterocycles. The number of likely N-dealkylation sites (tertiary alicyclic amines) is 1. The molecule has 0 aromatic heterocycles. The van der Waals surface area contributed by atoms with E-state index in [-0.39, 0.29) is 41.1 Å². The zero-order valence-corrected chi connectivity index (χ0v) is 20.3. The molecule has 0 bridgehead atoms. The Morgan fingerprint density at radius 3 is 2.77 bits per heavy atom. The summed E-state index contributed by atoms with van der Waals surface area (Å²) in [6.07, 6.45) is 1.06. The molecule has 0 aliphatic carbocycles. The van der Waals surface area contributed by atoms with Crippen LogP contribution in [0.4, 0.5) is 4.39 Å². The van der Waals surface area contributed by atoms with Crippen LogP contribution >= 0.6 is 11.8 Å². The molecular weight excluding hydrogens is 467 g/mol. The summed E-state index contributed by atoms with van der Waals surface area (Å²) in [5, 5.41) is 11.2. The van der Waals surface area contributed by atoms with Crippen molar-refractivity contribution in [3.05, 3.63) is 70.9 Å². The molecular formula is C26H29FN4O3S. The summed E-state index contributed by atoms with van der Waals surface area (Å²) in [6, 6.07) is 14.1. The highest BCUT2D eigenvalue weighted by molar-refractivity contribution is 8.04. The summed E-state index contributed by atoms with van der Waals surface area (Å²) in [4.78, 5) is 27.7. The van der Waals surface area contributed by atoms with Crippen LogP contribution in [0.25, 0.3) is 5.57 Å². The maximum Gasteiger partial charge on any atom is 0.237 e. The molecule has 3 heterocycles. The zero-order valence-electron chi connectivity index (χ0n) is 19.5. The topological polar surface area (TPSA) is 82.7 Å². The Kier molecular flexibility index (Phi) is 7.08. The molecule has 3 N–H and O–H groups in total. The molecule has 9 heteroatoms. The highest BCUT2D eigenvalue weighted by atomic mass is 32.2. The number of benzene rings is 2. The fourth-order valence-corrected chi connectivity index (χ4v) is 6.08. The average molecular weight is 497 g/mol. The number of carbonyl (C=O) groups is 2. The Morgan fingerprint density at radius 2 is 2.00 bits per heavy atom. The second kappa shape index (κ2) is 10.4. The van der Waals surface area contributed by atoms with Crippen LogP contribution in [0.15, 0.2) is 53.9 Å². The number of fused-ring (bicyclic) bond motifs is 1. The van der Waals surface area contributed by atoms with E-state index in [1.165, 1.54) is 17.8 Å². The summed E-state index contributed by atoms with van der Waals surface area (Å²) < 4.78 is 19.7. The Bertz CT molecular complexity index is 1140. The zero-order chi connectivity index (χ0) is 24.4. The molecule has 35 heavy (non-hydrogen) atoms. The van der Waals surface area contributed by atoms with Gasteiger partial charge in [-0.15, -0.1) is 11.8 Å². The number of nitrogens with one attached hydrogen (secondary N) is 3. The Morgan fingerprint density at radius 1 is 1.20 bits per heavy atom. The van der Waals surface area contributed by atoms with Crippen LogP contribution in [0, 0.1) is 11.7 Å². The van der Waals surface area contributed by atoms with E-state index in [4.69, 9.17) is 4.74 Å². The number of piperidine rings is 1. The molecule has 0 radical (unpaired) electrons. The molecule has 0 spiro atoms. The Labute approximate surface area is 208 Å². The van der Waals surface area contributed by atoms with Crippen molar-refractivity contribution in [1.82, 2.24) is 20.9 Å². The summed E-state index contributed by atoms with van der Waals surface area (Å²) in [5.41, 5.74) is 2.33. The van der Waals surface area contributed by atoms with Crippen molar-refractivity contribution in [2.75, 3.05) is 20.2 Å². The van der Waals surface area contributed by atoms with Crippen molar-refractivity contribution >= 4 is 29.1 Å². The molecule has 5 rings (SSSR count). The van der Waals surface area contributed by atoms with Gasteiger partial charge in [0.1, 0.15) is 23.1 Å². The first kappa shape index (κ1) is 23.8. The SMILES string of the molecule is COc1cccc(CNC(=O)C2CCN(C3NC(=O)C4SC=C(c5ccccc5F)C4N3)CC2)c1. The van der Waals surface area contributed by atoms with Gasteiger partial charge in [0, 0.05) is 31.1 Å². The van der Waals surface area contributed by atoms with Crippen molar-refractivity contribution < 1.29 is 18.7 Å². The van der Waals surface area contributed by atoms with Crippen LogP contribution in [0.1, 0.15) is 24.0 Å². The van der Waals surface area contributed by atoms with Gasteiger partial charge < -0.3 is 15.4 Å². The number of carbonyl (C=O) groups excluding carboxylic acids is 2. The number of methoxy groups -OCH3 is 1. The van der Waals surface area contributed by atoms with Gasteiger partial charge in [-0.3, -0.25) is 19.8 Å². The maximum absolute atomic E-state index is 14.4. The third-order valence-electron chi connectivity index (χ3n) is 6.91. The third-order valence-corrected chi connectivity index (χ3v) is 8.07. The largest absolute Gasteiger partial charge is 0.497 e. The molecule has 2 saturated heterocycles. The summed E-state index contributed by atoms with van der Waals surface area (Å²) in [7, 11) is 1.62. The summed E-state index contributed by atoms with van der Waals surface area (Å²) in [6.45, 7) is 1.82. The van der Waals surface area contributed by atoms with Gasteiger partial charge >= 0.3 is 0 Å². The highest BCUT2D eigenvalue weighted by Gasteiger charge is 2.44. The van der Waals surface area contributed by atoms with Crippen molar-refractivity contribution in [3.63, 3.8) is 0 Å². The number of nitrogens with zero attached hydrogens (tertiary/aromatic N) is 1. The van der Waals surface area contributed by atoms with Crippen molar-refractivity contribution in [2.45, 2.75) is 37.0 Å². The van der Waals surface area contributed by atoms with Gasteiger partial charge in [0.05, 0.1) is 13.2 Å². The quantitative estimate of drug-likeness (QED) is 0.571. The number of thioether (sulfide) groups is 1. The van der Waals surface area contributed by atoms with Gasteiger partial charge in [0.2, 0.25) is 11.8 Å². The van der Waals surface area contributed by atoms with E-state index < -0.39 is 0 Å². The first-order valence-electron chi connectivity index (χ1n) is 11.8. The molecule has 2 amide bonds. The van der Waals surface area contributed by atoms with E-state index in [2.05, 4.69) is 20.9 Å². The van der Waals surface area contributed by atoms with Crippen LogP contribution in [0.2, 0.25) is 0 Å². The van der Waals surface area contributed by atoms with Gasteiger partial charge in [0.25, 0.3) is 0 Å². The number of halogens is 1. The molecule has 2 aromatic rings. The van der Waals surface area contributed by atoms with Gasteiger partial charge in [-0.1, -0.05) is 30.3 Å².